The molecule has 1 rings (SSSR count). The summed E-state index contributed by atoms with van der Waals surface area (Å²) < 4.78 is 0. The lowest BCUT2D eigenvalue weighted by molar-refractivity contribution is 1.16. The number of nitrogen functional groups attached to an aromatic ring is 1. The molecule has 0 aliphatic carbocycles. The van der Waals surface area contributed by atoms with Crippen molar-refractivity contribution in [2.24, 2.45) is 4.99 Å². The zero-order valence-electron chi connectivity index (χ0n) is 6.50. The van der Waals surface area contributed by atoms with Crippen molar-refractivity contribution in [2.45, 2.75) is 0 Å². The van der Waals surface area contributed by atoms with E-state index in [0.717, 1.165) is 0 Å². The average Bonchev–Trinajstić information content (AvgIpc) is 2.03. The van der Waals surface area contributed by atoms with Gasteiger partial charge >= 0.3 is 0 Å². The summed E-state index contributed by atoms with van der Waals surface area (Å²) in [6.45, 7) is 3.34. The van der Waals surface area contributed by atoms with Gasteiger partial charge in [-0.25, -0.2) is 0 Å². The minimum atomic E-state index is 0.0873. The number of nitrogens with one attached hydrogen (secondary N) is 1. The van der Waals surface area contributed by atoms with Crippen LogP contribution in [0.1, 0.15) is 0 Å². The minimum Gasteiger partial charge on any atom is -0.382 e. The van der Waals surface area contributed by atoms with Crippen molar-refractivity contribution in [3.8, 4) is 0 Å². The molecule has 64 valence electrons. The molecule has 0 amide bonds. The Labute approximate surface area is 74.7 Å². The number of aromatic nitrogens is 2. The van der Waals surface area contributed by atoms with Crippen LogP contribution in [0.5, 0.6) is 0 Å². The van der Waals surface area contributed by atoms with Gasteiger partial charge in [0.05, 0.1) is 0 Å². The third-order valence-corrected chi connectivity index (χ3v) is 1.45. The van der Waals surface area contributed by atoms with Gasteiger partial charge in [0.15, 0.2) is 11.6 Å². The summed E-state index contributed by atoms with van der Waals surface area (Å²) in [5.41, 5.74) is 5.92. The molecule has 0 radical (unpaired) electrons. The maximum absolute atomic E-state index is 5.55. The summed E-state index contributed by atoms with van der Waals surface area (Å²) in [5.74, 6) is 0.692. The predicted octanol–water partition coefficient (Wildman–Crippen LogP) is 1.09. The van der Waals surface area contributed by atoms with Crippen molar-refractivity contribution in [1.29, 1.82) is 0 Å². The highest BCUT2D eigenvalue weighted by Gasteiger charge is 2.07. The number of hydrogen-bond acceptors (Lipinski definition) is 5. The van der Waals surface area contributed by atoms with Crippen molar-refractivity contribution < 1.29 is 0 Å². The van der Waals surface area contributed by atoms with Crippen molar-refractivity contribution in [3.63, 3.8) is 0 Å². The summed E-state index contributed by atoms with van der Waals surface area (Å²) in [7, 11) is 1.69. The van der Waals surface area contributed by atoms with Gasteiger partial charge in [-0.1, -0.05) is 0 Å². The summed E-state index contributed by atoms with van der Waals surface area (Å²) in [6.07, 6.45) is 0. The molecule has 1 heterocycles. The van der Waals surface area contributed by atoms with E-state index in [1.165, 1.54) is 0 Å². The zero-order chi connectivity index (χ0) is 9.14. The first-order valence-corrected chi connectivity index (χ1v) is 3.54. The number of rotatable bonds is 2. The lowest BCUT2D eigenvalue weighted by Crippen LogP contribution is -1.99. The molecule has 0 bridgehead atoms. The Morgan fingerprint density at radius 2 is 2.25 bits per heavy atom. The standard InChI is InChI=1S/C6H8ClN5/c1-9-3-4(8)11-6(7)12-5(3)10-2/h1H2,2H3,(H3,8,10,11,12). The van der Waals surface area contributed by atoms with Gasteiger partial charge in [-0.3, -0.25) is 4.99 Å². The number of aliphatic imine (C=N–C) groups is 1. The quantitative estimate of drug-likeness (QED) is 0.534. The molecule has 0 aliphatic heterocycles. The fourth-order valence-electron chi connectivity index (χ4n) is 0.774. The van der Waals surface area contributed by atoms with E-state index in [2.05, 4.69) is 27.0 Å². The molecule has 0 spiro atoms. The van der Waals surface area contributed by atoms with E-state index in [1.54, 1.807) is 7.05 Å². The summed E-state index contributed by atoms with van der Waals surface area (Å²) in [6, 6.07) is 0. The van der Waals surface area contributed by atoms with E-state index < -0.39 is 0 Å². The SMILES string of the molecule is C=Nc1c(N)nc(Cl)nc1NC. The van der Waals surface area contributed by atoms with Gasteiger partial charge < -0.3 is 11.1 Å². The van der Waals surface area contributed by atoms with Gasteiger partial charge in [0.1, 0.15) is 5.69 Å². The zero-order valence-corrected chi connectivity index (χ0v) is 7.26. The molecular formula is C6H8ClN5. The Balaban J connectivity index is 3.33. The van der Waals surface area contributed by atoms with Gasteiger partial charge in [0.25, 0.3) is 0 Å². The number of hydrogen-bond donors (Lipinski definition) is 2. The highest BCUT2D eigenvalue weighted by Crippen LogP contribution is 2.28. The molecule has 6 heteroatoms. The van der Waals surface area contributed by atoms with Crippen LogP contribution in [0.3, 0.4) is 0 Å². The normalized spacial score (nSPS) is 9.50. The average molecular weight is 186 g/mol. The second-order valence-corrected chi connectivity index (χ2v) is 2.32. The van der Waals surface area contributed by atoms with E-state index in [-0.39, 0.29) is 11.1 Å². The molecule has 1 aromatic rings. The molecule has 3 N–H and O–H groups in total. The lowest BCUT2D eigenvalue weighted by Gasteiger charge is -2.05. The molecule has 0 saturated carbocycles. The minimum absolute atomic E-state index is 0.0873. The predicted molar refractivity (Wildman–Crippen MR) is 50.2 cm³/mol. The highest BCUT2D eigenvalue weighted by atomic mass is 35.5. The Kier molecular flexibility index (Phi) is 2.44. The number of nitrogens with zero attached hydrogens (tertiary/aromatic N) is 3. The van der Waals surface area contributed by atoms with Gasteiger partial charge in [-0.05, 0) is 18.3 Å². The molecular weight excluding hydrogens is 178 g/mol. The Morgan fingerprint density at radius 3 is 2.75 bits per heavy atom. The topological polar surface area (TPSA) is 76.2 Å². The van der Waals surface area contributed by atoms with Crippen LogP contribution in [0, 0.1) is 0 Å². The van der Waals surface area contributed by atoms with Crippen LogP contribution in [-0.4, -0.2) is 23.7 Å². The fraction of sp³-hybridized carbons (Fsp3) is 0.167. The molecule has 0 aliphatic rings. The van der Waals surface area contributed by atoms with Gasteiger partial charge in [-0.2, -0.15) is 9.97 Å². The molecule has 0 aromatic carbocycles. The first-order chi connectivity index (χ1) is 5.69. The van der Waals surface area contributed by atoms with Crippen molar-refractivity contribution in [2.75, 3.05) is 18.1 Å². The Bertz CT molecular complexity index is 311. The van der Waals surface area contributed by atoms with Crippen LogP contribution in [0.4, 0.5) is 17.3 Å². The lowest BCUT2D eigenvalue weighted by atomic mass is 10.4. The number of halogens is 1. The van der Waals surface area contributed by atoms with Crippen LogP contribution in [0.2, 0.25) is 5.28 Å². The Hall–Kier alpha value is -1.36. The van der Waals surface area contributed by atoms with E-state index in [9.17, 15) is 0 Å². The van der Waals surface area contributed by atoms with Crippen LogP contribution in [0.25, 0.3) is 0 Å². The van der Waals surface area contributed by atoms with Crippen LogP contribution >= 0.6 is 11.6 Å². The maximum Gasteiger partial charge on any atom is 0.226 e. The molecule has 5 nitrogen and oxygen atoms in total. The third-order valence-electron chi connectivity index (χ3n) is 1.28. The van der Waals surface area contributed by atoms with Crippen molar-refractivity contribution in [3.05, 3.63) is 5.28 Å². The summed E-state index contributed by atoms with van der Waals surface area (Å²) in [4.78, 5) is 11.2. The van der Waals surface area contributed by atoms with E-state index >= 15 is 0 Å². The fourth-order valence-corrected chi connectivity index (χ4v) is 0.950. The number of nitrogens with two attached hydrogens (primary N) is 1. The first kappa shape index (κ1) is 8.73. The second-order valence-electron chi connectivity index (χ2n) is 1.98. The van der Waals surface area contributed by atoms with E-state index in [1.807, 2.05) is 0 Å². The highest BCUT2D eigenvalue weighted by molar-refractivity contribution is 6.28. The van der Waals surface area contributed by atoms with Crippen molar-refractivity contribution in [1.82, 2.24) is 9.97 Å². The van der Waals surface area contributed by atoms with E-state index in [4.69, 9.17) is 17.3 Å². The van der Waals surface area contributed by atoms with Gasteiger partial charge in [0.2, 0.25) is 5.28 Å². The van der Waals surface area contributed by atoms with Crippen molar-refractivity contribution >= 4 is 35.6 Å². The largest absolute Gasteiger partial charge is 0.382 e. The van der Waals surface area contributed by atoms with Gasteiger partial charge in [-0.15, -0.1) is 0 Å². The maximum atomic E-state index is 5.55. The molecule has 0 saturated heterocycles. The monoisotopic (exact) mass is 185 g/mol. The van der Waals surface area contributed by atoms with Gasteiger partial charge in [0, 0.05) is 7.05 Å². The van der Waals surface area contributed by atoms with Crippen LogP contribution in [-0.2, 0) is 0 Å². The third kappa shape index (κ3) is 1.45. The Morgan fingerprint density at radius 1 is 1.58 bits per heavy atom. The summed E-state index contributed by atoms with van der Waals surface area (Å²) in [5, 5.41) is 2.87. The molecule has 0 atom stereocenters. The van der Waals surface area contributed by atoms with Crippen LogP contribution in [0.15, 0.2) is 4.99 Å². The summed E-state index contributed by atoms with van der Waals surface area (Å²) >= 11 is 5.55. The molecule has 12 heavy (non-hydrogen) atoms. The second kappa shape index (κ2) is 3.36. The first-order valence-electron chi connectivity index (χ1n) is 3.16. The molecule has 1 aromatic heterocycles. The van der Waals surface area contributed by atoms with Crippen LogP contribution < -0.4 is 11.1 Å². The number of anilines is 2. The molecule has 0 unspecified atom stereocenters. The van der Waals surface area contributed by atoms with E-state index in [0.29, 0.717) is 11.5 Å². The smallest absolute Gasteiger partial charge is 0.226 e. The molecule has 0 fully saturated rings.